The second-order valence-corrected chi connectivity index (χ2v) is 8.09. The van der Waals surface area contributed by atoms with Crippen molar-refractivity contribution in [2.24, 2.45) is 11.8 Å². The number of fused-ring (bicyclic) bond motifs is 1. The van der Waals surface area contributed by atoms with Gasteiger partial charge in [0.2, 0.25) is 0 Å². The standard InChI is InChI=1S/C21H29N3O3/c1-14-21(26)23-18-12-17(2-3-19(18)27-14)20(25)16-6-10-24(11-7-16)13-15-4-8-22-9-5-15/h2-3,12,14-16,22H,4-11,13H2,1H3,(H,23,26). The molecule has 2 fully saturated rings. The molecule has 0 saturated carbocycles. The first kappa shape index (κ1) is 18.4. The monoisotopic (exact) mass is 371 g/mol. The first-order valence-corrected chi connectivity index (χ1v) is 10.2. The van der Waals surface area contributed by atoms with Crippen molar-refractivity contribution in [1.29, 1.82) is 0 Å². The molecule has 2 N–H and O–H groups in total. The average Bonchev–Trinajstić information content (AvgIpc) is 2.69. The summed E-state index contributed by atoms with van der Waals surface area (Å²) in [5.41, 5.74) is 1.27. The highest BCUT2D eigenvalue weighted by Gasteiger charge is 2.29. The second kappa shape index (κ2) is 7.98. The van der Waals surface area contributed by atoms with Crippen LogP contribution in [0.3, 0.4) is 0 Å². The van der Waals surface area contributed by atoms with Gasteiger partial charge in [0.05, 0.1) is 5.69 Å². The quantitative estimate of drug-likeness (QED) is 0.795. The molecule has 0 aliphatic carbocycles. The number of amides is 1. The van der Waals surface area contributed by atoms with Gasteiger partial charge in [-0.2, -0.15) is 0 Å². The zero-order chi connectivity index (χ0) is 18.8. The fourth-order valence-corrected chi connectivity index (χ4v) is 4.40. The number of Topliss-reactive ketones (excluding diaryl/α,β-unsaturated/α-hetero) is 1. The lowest BCUT2D eigenvalue weighted by Crippen LogP contribution is -2.41. The van der Waals surface area contributed by atoms with Gasteiger partial charge in [0, 0.05) is 18.0 Å². The molecule has 3 aliphatic heterocycles. The van der Waals surface area contributed by atoms with Gasteiger partial charge in [0.1, 0.15) is 5.75 Å². The van der Waals surface area contributed by atoms with Crippen LogP contribution in [0, 0.1) is 11.8 Å². The lowest BCUT2D eigenvalue weighted by Gasteiger charge is -2.35. The van der Waals surface area contributed by atoms with Crippen LogP contribution >= 0.6 is 0 Å². The van der Waals surface area contributed by atoms with E-state index < -0.39 is 6.10 Å². The number of ketones is 1. The average molecular weight is 371 g/mol. The maximum absolute atomic E-state index is 12.9. The first-order valence-electron chi connectivity index (χ1n) is 10.2. The van der Waals surface area contributed by atoms with Crippen molar-refractivity contribution in [3.8, 4) is 5.75 Å². The molecule has 146 valence electrons. The minimum Gasteiger partial charge on any atom is -0.479 e. The van der Waals surface area contributed by atoms with Gasteiger partial charge in [-0.15, -0.1) is 0 Å². The number of hydrogen-bond donors (Lipinski definition) is 2. The first-order chi connectivity index (χ1) is 13.1. The smallest absolute Gasteiger partial charge is 0.265 e. The zero-order valence-electron chi connectivity index (χ0n) is 16.0. The third kappa shape index (κ3) is 4.17. The van der Waals surface area contributed by atoms with E-state index in [4.69, 9.17) is 4.74 Å². The van der Waals surface area contributed by atoms with E-state index in [1.165, 1.54) is 19.4 Å². The van der Waals surface area contributed by atoms with Gasteiger partial charge >= 0.3 is 0 Å². The molecule has 1 aromatic carbocycles. The molecule has 6 heteroatoms. The Labute approximate surface area is 160 Å². The number of likely N-dealkylation sites (tertiary alicyclic amines) is 1. The predicted molar refractivity (Wildman–Crippen MR) is 104 cm³/mol. The van der Waals surface area contributed by atoms with Crippen LogP contribution in [0.5, 0.6) is 5.75 Å². The van der Waals surface area contributed by atoms with Crippen molar-refractivity contribution in [2.45, 2.75) is 38.7 Å². The number of benzene rings is 1. The molecule has 1 aromatic rings. The summed E-state index contributed by atoms with van der Waals surface area (Å²) in [5.74, 6) is 1.53. The lowest BCUT2D eigenvalue weighted by atomic mass is 9.87. The normalized spacial score (nSPS) is 24.8. The van der Waals surface area contributed by atoms with E-state index in [9.17, 15) is 9.59 Å². The summed E-state index contributed by atoms with van der Waals surface area (Å²) in [6, 6.07) is 5.39. The molecule has 3 heterocycles. The Balaban J connectivity index is 1.34. The molecule has 1 atom stereocenters. The summed E-state index contributed by atoms with van der Waals surface area (Å²) >= 11 is 0. The molecule has 2 saturated heterocycles. The molecule has 1 amide bonds. The summed E-state index contributed by atoms with van der Waals surface area (Å²) in [7, 11) is 0. The molecule has 0 radical (unpaired) electrons. The van der Waals surface area contributed by atoms with Gasteiger partial charge in [-0.05, 0) is 82.9 Å². The van der Waals surface area contributed by atoms with Crippen molar-refractivity contribution in [1.82, 2.24) is 10.2 Å². The molecule has 4 rings (SSSR count). The number of hydrogen-bond acceptors (Lipinski definition) is 5. The molecule has 0 spiro atoms. The largest absolute Gasteiger partial charge is 0.479 e. The minimum atomic E-state index is -0.497. The Morgan fingerprint density at radius 1 is 1.19 bits per heavy atom. The van der Waals surface area contributed by atoms with Gasteiger partial charge in [-0.1, -0.05) is 0 Å². The van der Waals surface area contributed by atoms with Gasteiger partial charge in [-0.3, -0.25) is 9.59 Å². The van der Waals surface area contributed by atoms with E-state index in [2.05, 4.69) is 15.5 Å². The van der Waals surface area contributed by atoms with Crippen molar-refractivity contribution >= 4 is 17.4 Å². The van der Waals surface area contributed by atoms with E-state index in [0.717, 1.165) is 44.9 Å². The number of carbonyl (C=O) groups is 2. The number of nitrogens with one attached hydrogen (secondary N) is 2. The topological polar surface area (TPSA) is 70.7 Å². The van der Waals surface area contributed by atoms with Crippen LogP contribution in [0.4, 0.5) is 5.69 Å². The van der Waals surface area contributed by atoms with E-state index >= 15 is 0 Å². The summed E-state index contributed by atoms with van der Waals surface area (Å²) in [6.07, 6.45) is 3.87. The van der Waals surface area contributed by atoms with Crippen molar-refractivity contribution in [2.75, 3.05) is 38.0 Å². The Morgan fingerprint density at radius 3 is 2.67 bits per heavy atom. The van der Waals surface area contributed by atoms with E-state index in [-0.39, 0.29) is 17.6 Å². The summed E-state index contributed by atoms with van der Waals surface area (Å²) in [5, 5.41) is 6.25. The maximum atomic E-state index is 12.9. The fraction of sp³-hybridized carbons (Fsp3) is 0.619. The highest BCUT2D eigenvalue weighted by atomic mass is 16.5. The van der Waals surface area contributed by atoms with Gasteiger partial charge in [-0.25, -0.2) is 0 Å². The Hall–Kier alpha value is -1.92. The second-order valence-electron chi connectivity index (χ2n) is 8.09. The number of ether oxygens (including phenoxy) is 1. The number of nitrogens with zero attached hydrogens (tertiary/aromatic N) is 1. The molecular formula is C21H29N3O3. The summed E-state index contributed by atoms with van der Waals surface area (Å²) < 4.78 is 5.58. The molecule has 0 bridgehead atoms. The highest BCUT2D eigenvalue weighted by molar-refractivity contribution is 6.02. The van der Waals surface area contributed by atoms with Crippen molar-refractivity contribution in [3.63, 3.8) is 0 Å². The molecule has 1 unspecified atom stereocenters. The summed E-state index contributed by atoms with van der Waals surface area (Å²) in [6.45, 7) is 7.16. The van der Waals surface area contributed by atoms with E-state index in [1.54, 1.807) is 19.1 Å². The third-order valence-electron chi connectivity index (χ3n) is 6.13. The SMILES string of the molecule is CC1Oc2ccc(C(=O)C3CCN(CC4CCNCC4)CC3)cc2NC1=O. The fourth-order valence-electron chi connectivity index (χ4n) is 4.40. The summed E-state index contributed by atoms with van der Waals surface area (Å²) in [4.78, 5) is 27.3. The zero-order valence-corrected chi connectivity index (χ0v) is 16.0. The predicted octanol–water partition coefficient (Wildman–Crippen LogP) is 2.30. The Bertz CT molecular complexity index is 707. The van der Waals surface area contributed by atoms with Crippen molar-refractivity contribution < 1.29 is 14.3 Å². The van der Waals surface area contributed by atoms with Crippen LogP contribution in [0.1, 0.15) is 43.0 Å². The van der Waals surface area contributed by atoms with Gasteiger partial charge in [0.15, 0.2) is 11.9 Å². The number of rotatable bonds is 4. The molecule has 0 aromatic heterocycles. The number of piperidine rings is 2. The molecule has 6 nitrogen and oxygen atoms in total. The van der Waals surface area contributed by atoms with E-state index in [1.807, 2.05) is 6.07 Å². The molecule has 27 heavy (non-hydrogen) atoms. The minimum absolute atomic E-state index is 0.0754. The van der Waals surface area contributed by atoms with Crippen LogP contribution in [0.25, 0.3) is 0 Å². The number of carbonyl (C=O) groups excluding carboxylic acids is 2. The van der Waals surface area contributed by atoms with Crippen LogP contribution in [0.2, 0.25) is 0 Å². The Kier molecular flexibility index (Phi) is 5.45. The molecule has 3 aliphatic rings. The van der Waals surface area contributed by atoms with E-state index in [0.29, 0.717) is 17.0 Å². The highest BCUT2D eigenvalue weighted by Crippen LogP contribution is 2.32. The molecular weight excluding hydrogens is 342 g/mol. The third-order valence-corrected chi connectivity index (χ3v) is 6.13. The van der Waals surface area contributed by atoms with Gasteiger partial charge in [0.25, 0.3) is 5.91 Å². The van der Waals surface area contributed by atoms with Crippen LogP contribution in [-0.2, 0) is 4.79 Å². The van der Waals surface area contributed by atoms with Crippen LogP contribution in [0.15, 0.2) is 18.2 Å². The van der Waals surface area contributed by atoms with Gasteiger partial charge < -0.3 is 20.3 Å². The van der Waals surface area contributed by atoms with Crippen molar-refractivity contribution in [3.05, 3.63) is 23.8 Å². The van der Waals surface area contributed by atoms with Crippen LogP contribution in [-0.4, -0.2) is 55.4 Å². The van der Waals surface area contributed by atoms with Crippen LogP contribution < -0.4 is 15.4 Å². The lowest BCUT2D eigenvalue weighted by molar-refractivity contribution is -0.122. The maximum Gasteiger partial charge on any atom is 0.265 e. The number of anilines is 1. The Morgan fingerprint density at radius 2 is 1.93 bits per heavy atom.